The van der Waals surface area contributed by atoms with Crippen LogP contribution in [0.5, 0.6) is 0 Å². The molecule has 0 unspecified atom stereocenters. The van der Waals surface area contributed by atoms with Crippen LogP contribution in [0.25, 0.3) is 0 Å². The van der Waals surface area contributed by atoms with Crippen molar-refractivity contribution in [3.05, 3.63) is 18.0 Å². The van der Waals surface area contributed by atoms with Gasteiger partial charge in [0.2, 0.25) is 0 Å². The van der Waals surface area contributed by atoms with Crippen LogP contribution in [0.1, 0.15) is 19.5 Å². The highest BCUT2D eigenvalue weighted by molar-refractivity contribution is 5.00. The van der Waals surface area contributed by atoms with Crippen LogP contribution in [0, 0.1) is 5.92 Å². The van der Waals surface area contributed by atoms with E-state index in [-0.39, 0.29) is 5.69 Å². The molecule has 0 aromatic carbocycles. The van der Waals surface area contributed by atoms with Gasteiger partial charge in [-0.3, -0.25) is 4.68 Å². The summed E-state index contributed by atoms with van der Waals surface area (Å²) in [4.78, 5) is 0. The van der Waals surface area contributed by atoms with Gasteiger partial charge in [-0.25, -0.2) is 0 Å². The van der Waals surface area contributed by atoms with E-state index in [9.17, 15) is 13.2 Å². The maximum atomic E-state index is 12.0. The van der Waals surface area contributed by atoms with Crippen molar-refractivity contribution in [3.8, 4) is 0 Å². The molecule has 80 valence electrons. The van der Waals surface area contributed by atoms with Crippen molar-refractivity contribution in [1.29, 1.82) is 0 Å². The van der Waals surface area contributed by atoms with Crippen LogP contribution in [-0.2, 0) is 13.0 Å². The van der Waals surface area contributed by atoms with Gasteiger partial charge in [0.1, 0.15) is 0 Å². The molecule has 0 radical (unpaired) electrons. The number of hydrogen-bond acceptors (Lipinski definition) is 1. The summed E-state index contributed by atoms with van der Waals surface area (Å²) in [5.74, 6) is 0.383. The van der Waals surface area contributed by atoms with Crippen molar-refractivity contribution in [2.24, 2.45) is 5.92 Å². The van der Waals surface area contributed by atoms with Gasteiger partial charge in [-0.15, -0.1) is 0 Å². The average molecular weight is 206 g/mol. The third kappa shape index (κ3) is 3.81. The summed E-state index contributed by atoms with van der Waals surface area (Å²) >= 11 is 0. The molecule has 1 aromatic rings. The van der Waals surface area contributed by atoms with Gasteiger partial charge in [0.15, 0.2) is 0 Å². The molecule has 0 aliphatic heterocycles. The minimum absolute atomic E-state index is 0.0816. The standard InChI is InChI=1S/C9H13F3N2/c1-7(2)6-14-4-3-8(13-14)5-9(10,11)12/h3-4,7H,5-6H2,1-2H3. The van der Waals surface area contributed by atoms with E-state index < -0.39 is 12.6 Å². The zero-order valence-corrected chi connectivity index (χ0v) is 8.17. The van der Waals surface area contributed by atoms with Gasteiger partial charge in [-0.2, -0.15) is 18.3 Å². The van der Waals surface area contributed by atoms with E-state index in [1.165, 1.54) is 6.07 Å². The molecule has 14 heavy (non-hydrogen) atoms. The number of halogens is 3. The molecule has 0 N–H and O–H groups in total. The molecule has 0 spiro atoms. The van der Waals surface area contributed by atoms with E-state index in [0.717, 1.165) is 0 Å². The zero-order chi connectivity index (χ0) is 10.8. The summed E-state index contributed by atoms with van der Waals surface area (Å²) in [6.07, 6.45) is -3.53. The first-order chi connectivity index (χ1) is 6.37. The first-order valence-electron chi connectivity index (χ1n) is 4.46. The highest BCUT2D eigenvalue weighted by Gasteiger charge is 2.28. The van der Waals surface area contributed by atoms with Crippen LogP contribution in [-0.4, -0.2) is 16.0 Å². The van der Waals surface area contributed by atoms with Crippen LogP contribution < -0.4 is 0 Å². The Balaban J connectivity index is 2.60. The lowest BCUT2D eigenvalue weighted by Crippen LogP contribution is -2.13. The van der Waals surface area contributed by atoms with E-state index >= 15 is 0 Å². The smallest absolute Gasteiger partial charge is 0.272 e. The van der Waals surface area contributed by atoms with Crippen molar-refractivity contribution in [1.82, 2.24) is 9.78 Å². The highest BCUT2D eigenvalue weighted by Crippen LogP contribution is 2.19. The normalized spacial score (nSPS) is 12.4. The summed E-state index contributed by atoms with van der Waals surface area (Å²) in [6.45, 7) is 4.63. The first-order valence-corrected chi connectivity index (χ1v) is 4.46. The molecule has 0 aliphatic carbocycles. The fraction of sp³-hybridized carbons (Fsp3) is 0.667. The topological polar surface area (TPSA) is 17.8 Å². The minimum Gasteiger partial charge on any atom is -0.272 e. The zero-order valence-electron chi connectivity index (χ0n) is 8.17. The second-order valence-electron chi connectivity index (χ2n) is 3.71. The molecular formula is C9H13F3N2. The lowest BCUT2D eigenvalue weighted by atomic mass is 10.2. The van der Waals surface area contributed by atoms with Gasteiger partial charge < -0.3 is 0 Å². The molecular weight excluding hydrogens is 193 g/mol. The molecule has 2 nitrogen and oxygen atoms in total. The molecule has 1 aromatic heterocycles. The molecule has 0 saturated heterocycles. The number of aromatic nitrogens is 2. The maximum absolute atomic E-state index is 12.0. The Morgan fingerprint density at radius 2 is 2.07 bits per heavy atom. The SMILES string of the molecule is CC(C)Cn1ccc(CC(F)(F)F)n1. The van der Waals surface area contributed by atoms with Crippen LogP contribution in [0.15, 0.2) is 12.3 Å². The molecule has 0 aliphatic rings. The van der Waals surface area contributed by atoms with Gasteiger partial charge in [0.05, 0.1) is 12.1 Å². The highest BCUT2D eigenvalue weighted by atomic mass is 19.4. The lowest BCUT2D eigenvalue weighted by Gasteiger charge is -2.05. The monoisotopic (exact) mass is 206 g/mol. The van der Waals surface area contributed by atoms with E-state index in [1.807, 2.05) is 13.8 Å². The molecule has 5 heteroatoms. The Morgan fingerprint density at radius 3 is 2.57 bits per heavy atom. The van der Waals surface area contributed by atoms with Gasteiger partial charge >= 0.3 is 6.18 Å². The molecule has 0 bridgehead atoms. The minimum atomic E-state index is -4.17. The van der Waals surface area contributed by atoms with Crippen LogP contribution >= 0.6 is 0 Å². The Kier molecular flexibility index (Phi) is 3.18. The Morgan fingerprint density at radius 1 is 1.43 bits per heavy atom. The van der Waals surface area contributed by atoms with Gasteiger partial charge in [-0.05, 0) is 12.0 Å². The van der Waals surface area contributed by atoms with Crippen LogP contribution in [0.4, 0.5) is 13.2 Å². The van der Waals surface area contributed by atoms with E-state index in [4.69, 9.17) is 0 Å². The third-order valence-corrected chi connectivity index (χ3v) is 1.63. The van der Waals surface area contributed by atoms with E-state index in [0.29, 0.717) is 12.5 Å². The predicted octanol–water partition coefficient (Wildman–Crippen LogP) is 2.64. The number of nitrogens with zero attached hydrogens (tertiary/aromatic N) is 2. The summed E-state index contributed by atoms with van der Waals surface area (Å²) in [7, 11) is 0. The van der Waals surface area contributed by atoms with Crippen molar-refractivity contribution >= 4 is 0 Å². The molecule has 0 atom stereocenters. The summed E-state index contributed by atoms with van der Waals surface area (Å²) in [5, 5.41) is 3.83. The summed E-state index contributed by atoms with van der Waals surface area (Å²) in [5.41, 5.74) is 0.0816. The number of hydrogen-bond donors (Lipinski definition) is 0. The molecule has 0 amide bonds. The van der Waals surface area contributed by atoms with Gasteiger partial charge in [-0.1, -0.05) is 13.8 Å². The fourth-order valence-electron chi connectivity index (χ4n) is 1.18. The van der Waals surface area contributed by atoms with Crippen LogP contribution in [0.2, 0.25) is 0 Å². The van der Waals surface area contributed by atoms with Gasteiger partial charge in [0.25, 0.3) is 0 Å². The van der Waals surface area contributed by atoms with Crippen LogP contribution in [0.3, 0.4) is 0 Å². The van der Waals surface area contributed by atoms with E-state index in [1.54, 1.807) is 10.9 Å². The predicted molar refractivity (Wildman–Crippen MR) is 46.8 cm³/mol. The molecule has 0 fully saturated rings. The van der Waals surface area contributed by atoms with Crippen molar-refractivity contribution in [2.45, 2.75) is 33.0 Å². The third-order valence-electron chi connectivity index (χ3n) is 1.63. The maximum Gasteiger partial charge on any atom is 0.394 e. The molecule has 0 saturated carbocycles. The molecule has 1 rings (SSSR count). The summed E-state index contributed by atoms with van der Waals surface area (Å²) in [6, 6.07) is 1.41. The Hall–Kier alpha value is -1.00. The molecule has 1 heterocycles. The Bertz CT molecular complexity index is 288. The van der Waals surface area contributed by atoms with E-state index in [2.05, 4.69) is 5.10 Å². The van der Waals surface area contributed by atoms with Gasteiger partial charge in [0, 0.05) is 12.7 Å². The second kappa shape index (κ2) is 4.02. The number of alkyl halides is 3. The lowest BCUT2D eigenvalue weighted by molar-refractivity contribution is -0.127. The fourth-order valence-corrected chi connectivity index (χ4v) is 1.18. The van der Waals surface area contributed by atoms with Crippen molar-refractivity contribution < 1.29 is 13.2 Å². The number of rotatable bonds is 3. The van der Waals surface area contributed by atoms with Crippen molar-refractivity contribution in [3.63, 3.8) is 0 Å². The Labute approximate surface area is 80.7 Å². The second-order valence-corrected chi connectivity index (χ2v) is 3.71. The summed E-state index contributed by atoms with van der Waals surface area (Å²) < 4.78 is 37.4. The largest absolute Gasteiger partial charge is 0.394 e. The van der Waals surface area contributed by atoms with Crippen molar-refractivity contribution in [2.75, 3.05) is 0 Å². The quantitative estimate of drug-likeness (QED) is 0.743. The first kappa shape index (κ1) is 11.1. The average Bonchev–Trinajstić information content (AvgIpc) is 2.30.